The van der Waals surface area contributed by atoms with Crippen LogP contribution in [0, 0.1) is 11.3 Å². The van der Waals surface area contributed by atoms with Crippen LogP contribution in [0.4, 0.5) is 0 Å². The monoisotopic (exact) mass is 220 g/mol. The van der Waals surface area contributed by atoms with Gasteiger partial charge in [-0.25, -0.2) is 0 Å². The first kappa shape index (κ1) is 9.53. The molecule has 1 heterocycles. The topological polar surface area (TPSA) is 9.23 Å². The molecule has 0 aromatic rings. The number of ether oxygens (including phenoxy) is 1. The van der Waals surface area contributed by atoms with Gasteiger partial charge in [-0.2, -0.15) is 0 Å². The summed E-state index contributed by atoms with van der Waals surface area (Å²) in [6.07, 6.45) is 1.67. The molecule has 0 aliphatic carbocycles. The second kappa shape index (κ2) is 3.44. The van der Waals surface area contributed by atoms with E-state index in [9.17, 15) is 0 Å². The number of halogens is 1. The van der Waals surface area contributed by atoms with Crippen molar-refractivity contribution in [1.29, 1.82) is 0 Å². The summed E-state index contributed by atoms with van der Waals surface area (Å²) in [6, 6.07) is 0. The minimum Gasteiger partial charge on any atom is -0.378 e. The van der Waals surface area contributed by atoms with Crippen molar-refractivity contribution in [3.8, 4) is 0 Å². The summed E-state index contributed by atoms with van der Waals surface area (Å²) in [4.78, 5) is 0. The molecule has 2 unspecified atom stereocenters. The zero-order valence-corrected chi connectivity index (χ0v) is 9.15. The van der Waals surface area contributed by atoms with E-state index in [-0.39, 0.29) is 0 Å². The molecule has 1 aliphatic heterocycles. The van der Waals surface area contributed by atoms with E-state index >= 15 is 0 Å². The second-order valence-corrected chi connectivity index (χ2v) is 4.65. The molecule has 1 aliphatic rings. The fraction of sp³-hybridized carbons (Fsp3) is 1.00. The van der Waals surface area contributed by atoms with Gasteiger partial charge in [0, 0.05) is 11.9 Å². The molecule has 0 aromatic carbocycles. The lowest BCUT2D eigenvalue weighted by Gasteiger charge is -2.31. The minimum atomic E-state index is 0.385. The third kappa shape index (κ3) is 1.97. The first-order valence-electron chi connectivity index (χ1n) is 4.25. The molecule has 11 heavy (non-hydrogen) atoms. The molecule has 66 valence electrons. The Hall–Kier alpha value is 0.440. The average Bonchev–Trinajstić information content (AvgIpc) is 2.36. The van der Waals surface area contributed by atoms with Crippen molar-refractivity contribution in [2.45, 2.75) is 33.3 Å². The Balaban J connectivity index is 2.58. The molecule has 0 amide bonds. The predicted octanol–water partition coefficient (Wildman–Crippen LogP) is 2.83. The SMILES string of the molecule is CC1OCCC1C(C)(C)CBr. The van der Waals surface area contributed by atoms with Gasteiger partial charge in [0.2, 0.25) is 0 Å². The van der Waals surface area contributed by atoms with Gasteiger partial charge in [-0.05, 0) is 24.7 Å². The molecule has 0 aromatic heterocycles. The highest BCUT2D eigenvalue weighted by Gasteiger charge is 2.36. The van der Waals surface area contributed by atoms with Crippen molar-refractivity contribution in [2.75, 3.05) is 11.9 Å². The molecule has 2 heteroatoms. The zero-order valence-electron chi connectivity index (χ0n) is 7.56. The zero-order chi connectivity index (χ0) is 8.48. The van der Waals surface area contributed by atoms with Crippen LogP contribution in [0.5, 0.6) is 0 Å². The molecule has 0 radical (unpaired) electrons. The van der Waals surface area contributed by atoms with Gasteiger partial charge in [0.15, 0.2) is 0 Å². The third-order valence-electron chi connectivity index (χ3n) is 2.72. The van der Waals surface area contributed by atoms with Gasteiger partial charge < -0.3 is 4.74 Å². The van der Waals surface area contributed by atoms with Crippen molar-refractivity contribution in [3.05, 3.63) is 0 Å². The average molecular weight is 221 g/mol. The largest absolute Gasteiger partial charge is 0.378 e. The summed E-state index contributed by atoms with van der Waals surface area (Å²) < 4.78 is 5.53. The van der Waals surface area contributed by atoms with Gasteiger partial charge in [-0.3, -0.25) is 0 Å². The van der Waals surface area contributed by atoms with E-state index < -0.39 is 0 Å². The van der Waals surface area contributed by atoms with Gasteiger partial charge in [-0.15, -0.1) is 0 Å². The Morgan fingerprint density at radius 2 is 2.18 bits per heavy atom. The highest BCUT2D eigenvalue weighted by molar-refractivity contribution is 9.09. The highest BCUT2D eigenvalue weighted by Crippen LogP contribution is 2.38. The maximum absolute atomic E-state index is 5.53. The Morgan fingerprint density at radius 1 is 1.55 bits per heavy atom. The van der Waals surface area contributed by atoms with E-state index in [2.05, 4.69) is 36.7 Å². The molecule has 1 saturated heterocycles. The number of hydrogen-bond donors (Lipinski definition) is 0. The first-order valence-corrected chi connectivity index (χ1v) is 5.37. The third-order valence-corrected chi connectivity index (χ3v) is 4.17. The van der Waals surface area contributed by atoms with Gasteiger partial charge in [0.25, 0.3) is 0 Å². The molecule has 1 rings (SSSR count). The Labute approximate surface area is 77.6 Å². The van der Waals surface area contributed by atoms with E-state index in [4.69, 9.17) is 4.74 Å². The van der Waals surface area contributed by atoms with E-state index in [1.54, 1.807) is 0 Å². The van der Waals surface area contributed by atoms with Crippen LogP contribution in [0.25, 0.3) is 0 Å². The van der Waals surface area contributed by atoms with E-state index in [1.165, 1.54) is 6.42 Å². The van der Waals surface area contributed by atoms with Crippen molar-refractivity contribution in [2.24, 2.45) is 11.3 Å². The molecule has 1 fully saturated rings. The van der Waals surface area contributed by atoms with E-state index in [1.807, 2.05) is 0 Å². The van der Waals surface area contributed by atoms with Crippen LogP contribution >= 0.6 is 15.9 Å². The van der Waals surface area contributed by atoms with Crippen LogP contribution in [-0.2, 0) is 4.74 Å². The van der Waals surface area contributed by atoms with Gasteiger partial charge in [0.05, 0.1) is 6.10 Å². The lowest BCUT2D eigenvalue weighted by Crippen LogP contribution is -2.30. The molecular weight excluding hydrogens is 204 g/mol. The van der Waals surface area contributed by atoms with E-state index in [0.717, 1.165) is 17.9 Å². The fourth-order valence-electron chi connectivity index (χ4n) is 1.86. The lowest BCUT2D eigenvalue weighted by molar-refractivity contribution is 0.0746. The first-order chi connectivity index (χ1) is 5.08. The summed E-state index contributed by atoms with van der Waals surface area (Å²) in [7, 11) is 0. The molecule has 0 saturated carbocycles. The predicted molar refractivity (Wildman–Crippen MR) is 51.1 cm³/mol. The van der Waals surface area contributed by atoms with Crippen LogP contribution in [0.2, 0.25) is 0 Å². The van der Waals surface area contributed by atoms with Crippen molar-refractivity contribution < 1.29 is 4.74 Å². The minimum absolute atomic E-state index is 0.385. The van der Waals surface area contributed by atoms with Gasteiger partial charge >= 0.3 is 0 Å². The van der Waals surface area contributed by atoms with E-state index in [0.29, 0.717) is 11.5 Å². The van der Waals surface area contributed by atoms with Crippen LogP contribution < -0.4 is 0 Å². The van der Waals surface area contributed by atoms with Crippen molar-refractivity contribution in [1.82, 2.24) is 0 Å². The van der Waals surface area contributed by atoms with Crippen LogP contribution in [-0.4, -0.2) is 18.0 Å². The molecular formula is C9H17BrO. The Bertz CT molecular complexity index is 134. The maximum Gasteiger partial charge on any atom is 0.0581 e. The van der Waals surface area contributed by atoms with Crippen LogP contribution in [0.3, 0.4) is 0 Å². The molecule has 0 N–H and O–H groups in total. The van der Waals surface area contributed by atoms with Crippen LogP contribution in [0.15, 0.2) is 0 Å². The van der Waals surface area contributed by atoms with Gasteiger partial charge in [-0.1, -0.05) is 29.8 Å². The Kier molecular flexibility index (Phi) is 2.98. The number of hydrogen-bond acceptors (Lipinski definition) is 1. The van der Waals surface area contributed by atoms with Crippen molar-refractivity contribution in [3.63, 3.8) is 0 Å². The standard InChI is InChI=1S/C9H17BrO/c1-7-8(4-5-11-7)9(2,3)6-10/h7-8H,4-6H2,1-3H3. The highest BCUT2D eigenvalue weighted by atomic mass is 79.9. The Morgan fingerprint density at radius 3 is 2.55 bits per heavy atom. The summed E-state index contributed by atoms with van der Waals surface area (Å²) in [5.41, 5.74) is 0.385. The van der Waals surface area contributed by atoms with Crippen LogP contribution in [0.1, 0.15) is 27.2 Å². The molecule has 1 nitrogen and oxygen atoms in total. The summed E-state index contributed by atoms with van der Waals surface area (Å²) in [5.74, 6) is 0.724. The lowest BCUT2D eigenvalue weighted by atomic mass is 9.77. The summed E-state index contributed by atoms with van der Waals surface area (Å²) >= 11 is 3.55. The second-order valence-electron chi connectivity index (χ2n) is 4.09. The summed E-state index contributed by atoms with van der Waals surface area (Å²) in [6.45, 7) is 7.74. The summed E-state index contributed by atoms with van der Waals surface area (Å²) in [5, 5.41) is 1.07. The molecule has 0 bridgehead atoms. The quantitative estimate of drug-likeness (QED) is 0.651. The van der Waals surface area contributed by atoms with Crippen molar-refractivity contribution >= 4 is 15.9 Å². The number of alkyl halides is 1. The maximum atomic E-state index is 5.53. The smallest absolute Gasteiger partial charge is 0.0581 e. The normalized spacial score (nSPS) is 32.7. The van der Waals surface area contributed by atoms with Gasteiger partial charge in [0.1, 0.15) is 0 Å². The number of rotatable bonds is 2. The molecule has 2 atom stereocenters. The fourth-order valence-corrected chi connectivity index (χ4v) is 2.27. The molecule has 0 spiro atoms.